The Labute approximate surface area is 156 Å². The molecule has 0 saturated carbocycles. The number of fused-ring (bicyclic) bond motifs is 1. The molecule has 4 rings (SSSR count). The van der Waals surface area contributed by atoms with Gasteiger partial charge in [-0.15, -0.1) is 0 Å². The molecule has 1 atom stereocenters. The number of nitrogens with zero attached hydrogens (tertiary/aromatic N) is 4. The van der Waals surface area contributed by atoms with E-state index in [-0.39, 0.29) is 17.5 Å². The van der Waals surface area contributed by atoms with Crippen molar-refractivity contribution in [3.8, 4) is 11.6 Å². The second kappa shape index (κ2) is 7.05. The van der Waals surface area contributed by atoms with Gasteiger partial charge < -0.3 is 18.6 Å². The Hall–Kier alpha value is -2.84. The van der Waals surface area contributed by atoms with Gasteiger partial charge in [0.2, 0.25) is 17.6 Å². The van der Waals surface area contributed by atoms with Crippen molar-refractivity contribution in [3.63, 3.8) is 0 Å². The summed E-state index contributed by atoms with van der Waals surface area (Å²) in [5, 5.41) is 3.88. The SMILES string of the molecule is CCC12COC(=O)N1CCN(C(=O)CCCc1nc(-c3ccco3)no1)C2. The zero-order chi connectivity index (χ0) is 18.9. The van der Waals surface area contributed by atoms with Gasteiger partial charge in [-0.1, -0.05) is 12.1 Å². The molecule has 2 fully saturated rings. The average molecular weight is 374 g/mol. The number of rotatable bonds is 6. The monoisotopic (exact) mass is 374 g/mol. The van der Waals surface area contributed by atoms with Crippen LogP contribution in [0.2, 0.25) is 0 Å². The number of hydrogen-bond donors (Lipinski definition) is 0. The number of carbonyl (C=O) groups is 2. The first-order chi connectivity index (χ1) is 13.1. The molecule has 2 amide bonds. The average Bonchev–Trinajstić information content (AvgIpc) is 3.42. The fraction of sp³-hybridized carbons (Fsp3) is 0.556. The van der Waals surface area contributed by atoms with Crippen molar-refractivity contribution < 1.29 is 23.3 Å². The maximum absolute atomic E-state index is 12.6. The summed E-state index contributed by atoms with van der Waals surface area (Å²) in [4.78, 5) is 32.3. The van der Waals surface area contributed by atoms with Crippen molar-refractivity contribution in [1.82, 2.24) is 19.9 Å². The summed E-state index contributed by atoms with van der Waals surface area (Å²) in [5.41, 5.74) is -0.380. The molecule has 2 aromatic rings. The second-order valence-electron chi connectivity index (χ2n) is 6.94. The smallest absolute Gasteiger partial charge is 0.410 e. The first-order valence-electron chi connectivity index (χ1n) is 9.20. The molecule has 2 aliphatic rings. The van der Waals surface area contributed by atoms with Crippen LogP contribution in [-0.4, -0.2) is 63.7 Å². The molecule has 144 valence electrons. The largest absolute Gasteiger partial charge is 0.461 e. The van der Waals surface area contributed by atoms with Crippen molar-refractivity contribution in [1.29, 1.82) is 0 Å². The van der Waals surface area contributed by atoms with E-state index >= 15 is 0 Å². The summed E-state index contributed by atoms with van der Waals surface area (Å²) < 4.78 is 15.7. The summed E-state index contributed by atoms with van der Waals surface area (Å²) in [7, 11) is 0. The molecule has 0 aromatic carbocycles. The molecule has 2 saturated heterocycles. The van der Waals surface area contributed by atoms with Crippen LogP contribution in [0.3, 0.4) is 0 Å². The number of hydrogen-bond acceptors (Lipinski definition) is 7. The highest BCUT2D eigenvalue weighted by Gasteiger charge is 2.50. The maximum atomic E-state index is 12.6. The number of piperazine rings is 1. The molecule has 27 heavy (non-hydrogen) atoms. The van der Waals surface area contributed by atoms with E-state index in [4.69, 9.17) is 13.7 Å². The van der Waals surface area contributed by atoms with Gasteiger partial charge in [0.1, 0.15) is 6.61 Å². The van der Waals surface area contributed by atoms with Gasteiger partial charge in [-0.3, -0.25) is 9.69 Å². The number of furan rings is 1. The molecule has 0 bridgehead atoms. The van der Waals surface area contributed by atoms with E-state index in [9.17, 15) is 9.59 Å². The van der Waals surface area contributed by atoms with Crippen LogP contribution in [0.1, 0.15) is 32.1 Å². The first kappa shape index (κ1) is 17.6. The number of amides is 2. The molecule has 1 unspecified atom stereocenters. The normalized spacial score (nSPS) is 22.0. The highest BCUT2D eigenvalue weighted by molar-refractivity contribution is 5.77. The molecule has 0 N–H and O–H groups in total. The van der Waals surface area contributed by atoms with Crippen LogP contribution in [0.5, 0.6) is 0 Å². The third-order valence-corrected chi connectivity index (χ3v) is 5.34. The van der Waals surface area contributed by atoms with Crippen LogP contribution in [0, 0.1) is 0 Å². The molecule has 0 radical (unpaired) electrons. The zero-order valence-electron chi connectivity index (χ0n) is 15.2. The van der Waals surface area contributed by atoms with E-state index in [2.05, 4.69) is 10.1 Å². The van der Waals surface area contributed by atoms with Crippen LogP contribution in [0.15, 0.2) is 27.3 Å². The van der Waals surface area contributed by atoms with Crippen LogP contribution in [-0.2, 0) is 16.0 Å². The van der Waals surface area contributed by atoms with Gasteiger partial charge in [0, 0.05) is 32.5 Å². The summed E-state index contributed by atoms with van der Waals surface area (Å²) in [5.74, 6) is 1.52. The van der Waals surface area contributed by atoms with Gasteiger partial charge in [-0.05, 0) is 25.0 Å². The summed E-state index contributed by atoms with van der Waals surface area (Å²) >= 11 is 0. The second-order valence-corrected chi connectivity index (χ2v) is 6.94. The number of aromatic nitrogens is 2. The Bertz CT molecular complexity index is 818. The third kappa shape index (κ3) is 3.29. The molecular weight excluding hydrogens is 352 g/mol. The topological polar surface area (TPSA) is 102 Å². The van der Waals surface area contributed by atoms with Gasteiger partial charge in [-0.25, -0.2) is 4.79 Å². The van der Waals surface area contributed by atoms with Crippen molar-refractivity contribution >= 4 is 12.0 Å². The number of ether oxygens (including phenoxy) is 1. The molecule has 9 nitrogen and oxygen atoms in total. The molecular formula is C18H22N4O5. The van der Waals surface area contributed by atoms with Crippen LogP contribution < -0.4 is 0 Å². The number of carbonyl (C=O) groups excluding carboxylic acids is 2. The number of aryl methyl sites for hydroxylation is 1. The van der Waals surface area contributed by atoms with Crippen molar-refractivity contribution in [2.24, 2.45) is 0 Å². The Morgan fingerprint density at radius 3 is 3.04 bits per heavy atom. The van der Waals surface area contributed by atoms with E-state index < -0.39 is 0 Å². The van der Waals surface area contributed by atoms with Gasteiger partial charge in [0.05, 0.1) is 11.8 Å². The van der Waals surface area contributed by atoms with Crippen molar-refractivity contribution in [2.75, 3.05) is 26.2 Å². The Balaban J connectivity index is 1.29. The molecule has 4 heterocycles. The molecule has 2 aromatic heterocycles. The van der Waals surface area contributed by atoms with Crippen molar-refractivity contribution in [3.05, 3.63) is 24.3 Å². The fourth-order valence-electron chi connectivity index (χ4n) is 3.69. The molecule has 0 aliphatic carbocycles. The zero-order valence-corrected chi connectivity index (χ0v) is 15.2. The Kier molecular flexibility index (Phi) is 4.59. The van der Waals surface area contributed by atoms with Crippen LogP contribution >= 0.6 is 0 Å². The van der Waals surface area contributed by atoms with Crippen molar-refractivity contribution in [2.45, 2.75) is 38.1 Å². The standard InChI is InChI=1S/C18H22N4O5/c1-2-18-11-21(8-9-22(18)17(24)26-12-18)15(23)7-3-6-14-19-16(20-27-14)13-5-4-10-25-13/h4-5,10H,2-3,6-9,11-12H2,1H3. The minimum atomic E-state index is -0.380. The maximum Gasteiger partial charge on any atom is 0.410 e. The van der Waals surface area contributed by atoms with Crippen LogP contribution in [0.4, 0.5) is 4.79 Å². The lowest BCUT2D eigenvalue weighted by molar-refractivity contribution is -0.135. The Morgan fingerprint density at radius 2 is 2.26 bits per heavy atom. The third-order valence-electron chi connectivity index (χ3n) is 5.34. The molecule has 9 heteroatoms. The lowest BCUT2D eigenvalue weighted by Crippen LogP contribution is -2.62. The highest BCUT2D eigenvalue weighted by atomic mass is 16.6. The molecule has 0 spiro atoms. The van der Waals surface area contributed by atoms with E-state index in [0.717, 1.165) is 6.42 Å². The quantitative estimate of drug-likeness (QED) is 0.763. The van der Waals surface area contributed by atoms with Gasteiger partial charge in [0.15, 0.2) is 5.76 Å². The lowest BCUT2D eigenvalue weighted by atomic mass is 9.92. The fourth-order valence-corrected chi connectivity index (χ4v) is 3.69. The first-order valence-corrected chi connectivity index (χ1v) is 9.20. The predicted octanol–water partition coefficient (Wildman–Crippen LogP) is 2.10. The van der Waals surface area contributed by atoms with Gasteiger partial charge >= 0.3 is 6.09 Å². The van der Waals surface area contributed by atoms with Gasteiger partial charge in [0.25, 0.3) is 0 Å². The summed E-state index contributed by atoms with van der Waals surface area (Å²) in [6, 6.07) is 3.52. The van der Waals surface area contributed by atoms with E-state index in [1.54, 1.807) is 23.3 Å². The molecule has 2 aliphatic heterocycles. The number of cyclic esters (lactones) is 1. The lowest BCUT2D eigenvalue weighted by Gasteiger charge is -2.44. The predicted molar refractivity (Wildman–Crippen MR) is 92.6 cm³/mol. The van der Waals surface area contributed by atoms with E-state index in [1.807, 2.05) is 11.8 Å². The summed E-state index contributed by atoms with van der Waals surface area (Å²) in [6.45, 7) is 3.96. The minimum Gasteiger partial charge on any atom is -0.461 e. The van der Waals surface area contributed by atoms with E-state index in [0.29, 0.717) is 63.0 Å². The minimum absolute atomic E-state index is 0.0765. The Morgan fingerprint density at radius 1 is 1.37 bits per heavy atom. The van der Waals surface area contributed by atoms with E-state index in [1.165, 1.54) is 0 Å². The highest BCUT2D eigenvalue weighted by Crippen LogP contribution is 2.32. The van der Waals surface area contributed by atoms with Gasteiger partial charge in [-0.2, -0.15) is 4.98 Å². The van der Waals surface area contributed by atoms with Crippen LogP contribution in [0.25, 0.3) is 11.6 Å². The summed E-state index contributed by atoms with van der Waals surface area (Å²) in [6.07, 6.45) is 3.59.